The third kappa shape index (κ3) is 9.66. The van der Waals surface area contributed by atoms with Crippen molar-refractivity contribution in [3.63, 3.8) is 0 Å². The zero-order valence-corrected chi connectivity index (χ0v) is 7.96. The number of aliphatic hydroxyl groups excluding tert-OH is 1. The first-order valence-electron chi connectivity index (χ1n) is 4.75. The van der Waals surface area contributed by atoms with Crippen molar-refractivity contribution in [3.05, 3.63) is 12.2 Å². The normalized spacial score (nSPS) is 11.2. The van der Waals surface area contributed by atoms with Crippen LogP contribution in [-0.2, 0) is 4.74 Å². The van der Waals surface area contributed by atoms with Crippen molar-refractivity contribution in [2.75, 3.05) is 19.8 Å². The van der Waals surface area contributed by atoms with Crippen LogP contribution in [0.3, 0.4) is 0 Å². The van der Waals surface area contributed by atoms with Crippen LogP contribution < -0.4 is 0 Å². The van der Waals surface area contributed by atoms with Crippen LogP contribution in [0.1, 0.15) is 32.6 Å². The van der Waals surface area contributed by atoms with Gasteiger partial charge in [0.2, 0.25) is 0 Å². The molecule has 0 saturated carbocycles. The Bertz CT molecular complexity index is 100. The van der Waals surface area contributed by atoms with Crippen LogP contribution in [0.2, 0.25) is 0 Å². The zero-order valence-electron chi connectivity index (χ0n) is 7.96. The molecule has 0 rings (SSSR count). The number of ether oxygens (including phenoxy) is 1. The minimum absolute atomic E-state index is 0.110. The van der Waals surface area contributed by atoms with E-state index in [1.54, 1.807) is 6.08 Å². The Kier molecular flexibility index (Phi) is 10.4. The molecule has 0 bridgehead atoms. The maximum atomic E-state index is 8.40. The molecule has 0 aromatic carbocycles. The van der Waals surface area contributed by atoms with E-state index in [1.165, 1.54) is 19.3 Å². The van der Waals surface area contributed by atoms with Crippen molar-refractivity contribution in [1.82, 2.24) is 0 Å². The van der Waals surface area contributed by atoms with E-state index in [2.05, 4.69) is 6.92 Å². The average Bonchev–Trinajstić information content (AvgIpc) is 2.10. The summed E-state index contributed by atoms with van der Waals surface area (Å²) in [5.74, 6) is 0. The Morgan fingerprint density at radius 3 is 2.67 bits per heavy atom. The minimum Gasteiger partial charge on any atom is -0.392 e. The predicted molar refractivity (Wildman–Crippen MR) is 51.2 cm³/mol. The smallest absolute Gasteiger partial charge is 0.0648 e. The van der Waals surface area contributed by atoms with Gasteiger partial charge in [0.1, 0.15) is 0 Å². The molecule has 0 aliphatic rings. The summed E-state index contributed by atoms with van der Waals surface area (Å²) in [6.45, 7) is 3.78. The summed E-state index contributed by atoms with van der Waals surface area (Å²) >= 11 is 0. The van der Waals surface area contributed by atoms with Gasteiger partial charge in [0, 0.05) is 6.61 Å². The maximum Gasteiger partial charge on any atom is 0.0648 e. The summed E-state index contributed by atoms with van der Waals surface area (Å²) in [5, 5.41) is 8.40. The van der Waals surface area contributed by atoms with E-state index in [0.29, 0.717) is 6.61 Å². The molecule has 0 amide bonds. The third-order valence-electron chi connectivity index (χ3n) is 1.63. The molecule has 2 nitrogen and oxygen atoms in total. The highest BCUT2D eigenvalue weighted by molar-refractivity contribution is 4.80. The molecule has 12 heavy (non-hydrogen) atoms. The van der Waals surface area contributed by atoms with Gasteiger partial charge in [-0.15, -0.1) is 0 Å². The standard InChI is InChI=1S/C10H20O2/c1-2-3-4-6-9-12-10-7-5-8-11/h5,7,11H,2-4,6,8-10H2,1H3. The Morgan fingerprint density at radius 2 is 2.00 bits per heavy atom. The molecule has 0 radical (unpaired) electrons. The fourth-order valence-electron chi connectivity index (χ4n) is 0.925. The lowest BCUT2D eigenvalue weighted by Crippen LogP contribution is -1.94. The Hall–Kier alpha value is -0.340. The fourth-order valence-corrected chi connectivity index (χ4v) is 0.925. The van der Waals surface area contributed by atoms with E-state index in [9.17, 15) is 0 Å². The number of rotatable bonds is 8. The summed E-state index contributed by atoms with van der Waals surface area (Å²) in [5.41, 5.74) is 0. The molecule has 0 heterocycles. The largest absolute Gasteiger partial charge is 0.392 e. The molecule has 0 aliphatic heterocycles. The lowest BCUT2D eigenvalue weighted by atomic mass is 10.2. The minimum atomic E-state index is 0.110. The molecular formula is C10H20O2. The summed E-state index contributed by atoms with van der Waals surface area (Å²) in [4.78, 5) is 0. The van der Waals surface area contributed by atoms with E-state index in [0.717, 1.165) is 13.0 Å². The average molecular weight is 172 g/mol. The van der Waals surface area contributed by atoms with E-state index < -0.39 is 0 Å². The highest BCUT2D eigenvalue weighted by Crippen LogP contribution is 1.98. The van der Waals surface area contributed by atoms with Gasteiger partial charge in [0.15, 0.2) is 0 Å². The van der Waals surface area contributed by atoms with Crippen molar-refractivity contribution in [2.45, 2.75) is 32.6 Å². The SMILES string of the molecule is CCCCCCOCC=CCO. The molecule has 0 aromatic heterocycles. The van der Waals surface area contributed by atoms with Gasteiger partial charge in [0.25, 0.3) is 0 Å². The van der Waals surface area contributed by atoms with Gasteiger partial charge in [-0.3, -0.25) is 0 Å². The van der Waals surface area contributed by atoms with Crippen LogP contribution in [0.15, 0.2) is 12.2 Å². The summed E-state index contributed by atoms with van der Waals surface area (Å²) in [6, 6.07) is 0. The van der Waals surface area contributed by atoms with Crippen LogP contribution in [0.5, 0.6) is 0 Å². The molecule has 72 valence electrons. The van der Waals surface area contributed by atoms with E-state index in [-0.39, 0.29) is 6.61 Å². The highest BCUT2D eigenvalue weighted by Gasteiger charge is 1.86. The first-order chi connectivity index (χ1) is 5.91. The zero-order chi connectivity index (χ0) is 9.07. The molecule has 1 N–H and O–H groups in total. The first-order valence-corrected chi connectivity index (χ1v) is 4.75. The number of unbranched alkanes of at least 4 members (excludes halogenated alkanes) is 3. The summed E-state index contributed by atoms with van der Waals surface area (Å²) < 4.78 is 5.28. The molecule has 0 spiro atoms. The number of hydrogen-bond acceptors (Lipinski definition) is 2. The predicted octanol–water partition coefficient (Wildman–Crippen LogP) is 2.13. The summed E-state index contributed by atoms with van der Waals surface area (Å²) in [7, 11) is 0. The maximum absolute atomic E-state index is 8.40. The van der Waals surface area contributed by atoms with E-state index in [1.807, 2.05) is 6.08 Å². The monoisotopic (exact) mass is 172 g/mol. The number of aliphatic hydroxyl groups is 1. The number of hydrogen-bond donors (Lipinski definition) is 1. The van der Waals surface area contributed by atoms with Crippen molar-refractivity contribution < 1.29 is 9.84 Å². The van der Waals surface area contributed by atoms with Crippen LogP contribution in [0.4, 0.5) is 0 Å². The Balaban J connectivity index is 2.86. The quantitative estimate of drug-likeness (QED) is 0.449. The van der Waals surface area contributed by atoms with Gasteiger partial charge in [-0.05, 0) is 6.42 Å². The molecular weight excluding hydrogens is 152 g/mol. The lowest BCUT2D eigenvalue weighted by molar-refractivity contribution is 0.157. The Morgan fingerprint density at radius 1 is 1.17 bits per heavy atom. The van der Waals surface area contributed by atoms with Gasteiger partial charge >= 0.3 is 0 Å². The molecule has 0 aromatic rings. The van der Waals surface area contributed by atoms with Gasteiger partial charge in [-0.1, -0.05) is 38.3 Å². The topological polar surface area (TPSA) is 29.5 Å². The van der Waals surface area contributed by atoms with Gasteiger partial charge in [0.05, 0.1) is 13.2 Å². The van der Waals surface area contributed by atoms with Crippen LogP contribution in [-0.4, -0.2) is 24.9 Å². The van der Waals surface area contributed by atoms with Gasteiger partial charge in [-0.2, -0.15) is 0 Å². The fraction of sp³-hybridized carbons (Fsp3) is 0.800. The highest BCUT2D eigenvalue weighted by atomic mass is 16.5. The van der Waals surface area contributed by atoms with Crippen molar-refractivity contribution in [3.8, 4) is 0 Å². The second-order valence-corrected chi connectivity index (χ2v) is 2.79. The van der Waals surface area contributed by atoms with Crippen LogP contribution >= 0.6 is 0 Å². The van der Waals surface area contributed by atoms with Gasteiger partial charge < -0.3 is 9.84 Å². The second-order valence-electron chi connectivity index (χ2n) is 2.79. The van der Waals surface area contributed by atoms with E-state index in [4.69, 9.17) is 9.84 Å². The molecule has 0 saturated heterocycles. The van der Waals surface area contributed by atoms with Crippen molar-refractivity contribution in [2.24, 2.45) is 0 Å². The Labute approximate surface area is 75.2 Å². The molecule has 0 atom stereocenters. The van der Waals surface area contributed by atoms with Crippen LogP contribution in [0.25, 0.3) is 0 Å². The molecule has 0 aliphatic carbocycles. The second kappa shape index (κ2) is 10.7. The first kappa shape index (κ1) is 11.7. The van der Waals surface area contributed by atoms with E-state index >= 15 is 0 Å². The van der Waals surface area contributed by atoms with Crippen LogP contribution in [0, 0.1) is 0 Å². The molecule has 0 unspecified atom stereocenters. The third-order valence-corrected chi connectivity index (χ3v) is 1.63. The van der Waals surface area contributed by atoms with Gasteiger partial charge in [-0.25, -0.2) is 0 Å². The summed E-state index contributed by atoms with van der Waals surface area (Å²) in [6.07, 6.45) is 8.53. The molecule has 2 heteroatoms. The lowest BCUT2D eigenvalue weighted by Gasteiger charge is -1.99. The van der Waals surface area contributed by atoms with Crippen molar-refractivity contribution >= 4 is 0 Å². The van der Waals surface area contributed by atoms with Crippen molar-refractivity contribution in [1.29, 1.82) is 0 Å². The molecule has 0 fully saturated rings.